The highest BCUT2D eigenvalue weighted by molar-refractivity contribution is 5.01. The molecule has 1 aliphatic rings. The quantitative estimate of drug-likeness (QED) is 0.457. The third kappa shape index (κ3) is 2.22. The molecule has 1 fully saturated rings. The van der Waals surface area contributed by atoms with E-state index in [-0.39, 0.29) is 0 Å². The summed E-state index contributed by atoms with van der Waals surface area (Å²) in [5, 5.41) is 13.1. The molecule has 4 heteroatoms. The predicted molar refractivity (Wildman–Crippen MR) is 41.5 cm³/mol. The van der Waals surface area contributed by atoms with Crippen LogP contribution in [0.5, 0.6) is 0 Å². The van der Waals surface area contributed by atoms with Gasteiger partial charge in [-0.15, -0.1) is 0 Å². The van der Waals surface area contributed by atoms with Gasteiger partial charge in [0.2, 0.25) is 0 Å². The SMILES string of the molecule is CC1CCCNC1=C[N+](=O)[O-]. The molecule has 1 atom stereocenters. The fourth-order valence-corrected chi connectivity index (χ4v) is 1.26. The van der Waals surface area contributed by atoms with Crippen LogP contribution in [0.3, 0.4) is 0 Å². The normalized spacial score (nSPS) is 28.1. The van der Waals surface area contributed by atoms with Crippen LogP contribution in [0.15, 0.2) is 11.9 Å². The van der Waals surface area contributed by atoms with Crippen molar-refractivity contribution in [2.24, 2.45) is 5.92 Å². The van der Waals surface area contributed by atoms with E-state index in [2.05, 4.69) is 5.32 Å². The number of allylic oxidation sites excluding steroid dienone is 1. The molecule has 62 valence electrons. The number of hydrogen-bond donors (Lipinski definition) is 1. The standard InChI is InChI=1S/C7H12N2O2/c1-6-3-2-4-8-7(6)5-9(10)11/h5-6,8H,2-4H2,1H3. The summed E-state index contributed by atoms with van der Waals surface area (Å²) in [6.07, 6.45) is 3.23. The highest BCUT2D eigenvalue weighted by atomic mass is 16.6. The Bertz CT molecular complexity index is 189. The summed E-state index contributed by atoms with van der Waals surface area (Å²) in [7, 11) is 0. The van der Waals surface area contributed by atoms with E-state index in [1.807, 2.05) is 6.92 Å². The molecular formula is C7H12N2O2. The van der Waals surface area contributed by atoms with E-state index in [9.17, 15) is 10.1 Å². The number of rotatable bonds is 1. The summed E-state index contributed by atoms with van der Waals surface area (Å²) < 4.78 is 0. The van der Waals surface area contributed by atoms with Gasteiger partial charge in [-0.25, -0.2) is 0 Å². The van der Waals surface area contributed by atoms with Gasteiger partial charge in [0, 0.05) is 12.5 Å². The van der Waals surface area contributed by atoms with Crippen molar-refractivity contribution in [2.75, 3.05) is 6.54 Å². The van der Waals surface area contributed by atoms with Crippen LogP contribution in [-0.4, -0.2) is 11.5 Å². The molecule has 1 rings (SSSR count). The third-order valence-electron chi connectivity index (χ3n) is 1.92. The van der Waals surface area contributed by atoms with Crippen molar-refractivity contribution < 1.29 is 4.92 Å². The molecule has 0 bridgehead atoms. The molecule has 0 radical (unpaired) electrons. The smallest absolute Gasteiger partial charge is 0.253 e. The zero-order valence-corrected chi connectivity index (χ0v) is 6.54. The van der Waals surface area contributed by atoms with Crippen molar-refractivity contribution in [1.82, 2.24) is 5.32 Å². The molecule has 0 aromatic rings. The van der Waals surface area contributed by atoms with Crippen molar-refractivity contribution in [3.8, 4) is 0 Å². The van der Waals surface area contributed by atoms with Gasteiger partial charge in [-0.3, -0.25) is 10.1 Å². The summed E-state index contributed by atoms with van der Waals surface area (Å²) >= 11 is 0. The molecule has 0 spiro atoms. The third-order valence-corrected chi connectivity index (χ3v) is 1.92. The lowest BCUT2D eigenvalue weighted by Crippen LogP contribution is -2.26. The molecule has 1 unspecified atom stereocenters. The molecule has 1 saturated heterocycles. The van der Waals surface area contributed by atoms with E-state index in [1.54, 1.807) is 0 Å². The molecule has 1 N–H and O–H groups in total. The predicted octanol–water partition coefficient (Wildman–Crippen LogP) is 1.12. The Morgan fingerprint density at radius 1 is 1.82 bits per heavy atom. The van der Waals surface area contributed by atoms with Crippen molar-refractivity contribution in [2.45, 2.75) is 19.8 Å². The van der Waals surface area contributed by atoms with Crippen LogP contribution in [0.1, 0.15) is 19.8 Å². The minimum Gasteiger partial charge on any atom is -0.383 e. The minimum absolute atomic E-state index is 0.314. The van der Waals surface area contributed by atoms with Crippen LogP contribution in [0.25, 0.3) is 0 Å². The first-order valence-corrected chi connectivity index (χ1v) is 3.79. The van der Waals surface area contributed by atoms with E-state index in [1.165, 1.54) is 0 Å². The Kier molecular flexibility index (Phi) is 2.46. The molecular weight excluding hydrogens is 144 g/mol. The van der Waals surface area contributed by atoms with Crippen LogP contribution < -0.4 is 5.32 Å². The maximum absolute atomic E-state index is 10.1. The first-order valence-electron chi connectivity index (χ1n) is 3.79. The fourth-order valence-electron chi connectivity index (χ4n) is 1.26. The maximum atomic E-state index is 10.1. The van der Waals surface area contributed by atoms with Gasteiger partial charge in [-0.05, 0) is 12.8 Å². The van der Waals surface area contributed by atoms with Gasteiger partial charge in [0.15, 0.2) is 0 Å². The first-order chi connectivity index (χ1) is 5.20. The van der Waals surface area contributed by atoms with E-state index in [0.29, 0.717) is 5.92 Å². The number of nitro groups is 1. The lowest BCUT2D eigenvalue weighted by atomic mass is 9.98. The fraction of sp³-hybridized carbons (Fsp3) is 0.714. The van der Waals surface area contributed by atoms with Gasteiger partial charge >= 0.3 is 0 Å². The molecule has 0 aromatic carbocycles. The Balaban J connectivity index is 2.60. The van der Waals surface area contributed by atoms with E-state index in [0.717, 1.165) is 31.3 Å². The number of hydrogen-bond acceptors (Lipinski definition) is 3. The molecule has 1 aliphatic heterocycles. The zero-order chi connectivity index (χ0) is 8.27. The largest absolute Gasteiger partial charge is 0.383 e. The monoisotopic (exact) mass is 156 g/mol. The van der Waals surface area contributed by atoms with E-state index >= 15 is 0 Å². The van der Waals surface area contributed by atoms with Crippen molar-refractivity contribution >= 4 is 0 Å². The molecule has 1 heterocycles. The van der Waals surface area contributed by atoms with Gasteiger partial charge in [-0.1, -0.05) is 6.92 Å². The number of nitrogens with one attached hydrogen (secondary N) is 1. The molecule has 0 amide bonds. The lowest BCUT2D eigenvalue weighted by molar-refractivity contribution is -0.404. The summed E-state index contributed by atoms with van der Waals surface area (Å²) in [4.78, 5) is 9.70. The second-order valence-electron chi connectivity index (χ2n) is 2.84. The summed E-state index contributed by atoms with van der Waals surface area (Å²) in [5.41, 5.74) is 0.765. The average Bonchev–Trinajstić information content (AvgIpc) is 1.93. The van der Waals surface area contributed by atoms with Gasteiger partial charge in [0.1, 0.15) is 0 Å². The second kappa shape index (κ2) is 3.37. The Morgan fingerprint density at radius 3 is 3.09 bits per heavy atom. The highest BCUT2D eigenvalue weighted by Crippen LogP contribution is 2.17. The van der Waals surface area contributed by atoms with Crippen LogP contribution in [0.4, 0.5) is 0 Å². The van der Waals surface area contributed by atoms with Crippen molar-refractivity contribution in [1.29, 1.82) is 0 Å². The Hall–Kier alpha value is -1.06. The second-order valence-corrected chi connectivity index (χ2v) is 2.84. The van der Waals surface area contributed by atoms with Crippen LogP contribution in [0, 0.1) is 16.0 Å². The molecule has 0 aromatic heterocycles. The van der Waals surface area contributed by atoms with Gasteiger partial charge in [0.05, 0.1) is 10.6 Å². The number of nitrogens with zero attached hydrogens (tertiary/aromatic N) is 1. The van der Waals surface area contributed by atoms with Gasteiger partial charge < -0.3 is 5.32 Å². The zero-order valence-electron chi connectivity index (χ0n) is 6.54. The highest BCUT2D eigenvalue weighted by Gasteiger charge is 2.15. The van der Waals surface area contributed by atoms with Crippen LogP contribution in [-0.2, 0) is 0 Å². The number of piperidine rings is 1. The lowest BCUT2D eigenvalue weighted by Gasteiger charge is -2.21. The first kappa shape index (κ1) is 8.04. The summed E-state index contributed by atoms with van der Waals surface area (Å²) in [6.45, 7) is 2.87. The van der Waals surface area contributed by atoms with Crippen molar-refractivity contribution in [3.05, 3.63) is 22.0 Å². The molecule has 4 nitrogen and oxygen atoms in total. The average molecular weight is 156 g/mol. The van der Waals surface area contributed by atoms with Crippen LogP contribution in [0.2, 0.25) is 0 Å². The van der Waals surface area contributed by atoms with Gasteiger partial charge in [-0.2, -0.15) is 0 Å². The van der Waals surface area contributed by atoms with E-state index in [4.69, 9.17) is 0 Å². The Labute approximate surface area is 65.4 Å². The molecule has 11 heavy (non-hydrogen) atoms. The topological polar surface area (TPSA) is 55.2 Å². The minimum atomic E-state index is -0.399. The van der Waals surface area contributed by atoms with E-state index < -0.39 is 4.92 Å². The van der Waals surface area contributed by atoms with Gasteiger partial charge in [0.25, 0.3) is 6.20 Å². The maximum Gasteiger partial charge on any atom is 0.253 e. The summed E-state index contributed by atoms with van der Waals surface area (Å²) in [6, 6.07) is 0. The molecule has 0 aliphatic carbocycles. The summed E-state index contributed by atoms with van der Waals surface area (Å²) in [5.74, 6) is 0.314. The Morgan fingerprint density at radius 2 is 2.55 bits per heavy atom. The van der Waals surface area contributed by atoms with Crippen molar-refractivity contribution in [3.63, 3.8) is 0 Å². The van der Waals surface area contributed by atoms with Crippen LogP contribution >= 0.6 is 0 Å². The molecule has 0 saturated carbocycles.